The first-order valence-corrected chi connectivity index (χ1v) is 9.63. The van der Waals surface area contributed by atoms with Gasteiger partial charge in [0.05, 0.1) is 0 Å². The third kappa shape index (κ3) is 4.98. The van der Waals surface area contributed by atoms with Crippen LogP contribution in [0, 0.1) is 11.8 Å². The molecule has 0 radical (unpaired) electrons. The molecule has 2 heterocycles. The van der Waals surface area contributed by atoms with E-state index in [-0.39, 0.29) is 17.7 Å². The molecule has 0 aromatic carbocycles. The van der Waals surface area contributed by atoms with Crippen LogP contribution in [0.15, 0.2) is 12.2 Å². The van der Waals surface area contributed by atoms with Gasteiger partial charge < -0.3 is 10.2 Å². The van der Waals surface area contributed by atoms with E-state index in [1.165, 1.54) is 17.1 Å². The minimum absolute atomic E-state index is 0.183. The van der Waals surface area contributed by atoms with E-state index >= 15 is 0 Å². The average molecular weight is 347 g/mol. The number of hydrogen-bond donors (Lipinski definition) is 1. The van der Waals surface area contributed by atoms with Crippen LogP contribution in [0.3, 0.4) is 0 Å². The Kier molecular flexibility index (Phi) is 6.37. The van der Waals surface area contributed by atoms with E-state index in [1.54, 1.807) is 0 Å². The zero-order valence-electron chi connectivity index (χ0n) is 14.9. The van der Waals surface area contributed by atoms with E-state index in [0.29, 0.717) is 24.7 Å². The summed E-state index contributed by atoms with van der Waals surface area (Å²) in [4.78, 5) is 39.5. The molecule has 0 spiro atoms. The number of ketones is 1. The topological polar surface area (TPSA) is 69.7 Å². The van der Waals surface area contributed by atoms with Crippen molar-refractivity contribution in [3.05, 3.63) is 12.2 Å². The monoisotopic (exact) mass is 347 g/mol. The summed E-state index contributed by atoms with van der Waals surface area (Å²) in [6.07, 6.45) is 8.01. The molecular weight excluding hydrogens is 318 g/mol. The van der Waals surface area contributed by atoms with Crippen molar-refractivity contribution in [1.29, 1.82) is 0 Å². The third-order valence-electron chi connectivity index (χ3n) is 5.75. The number of carbonyl (C=O) groups is 3. The van der Waals surface area contributed by atoms with Crippen LogP contribution in [0.5, 0.6) is 0 Å². The summed E-state index contributed by atoms with van der Waals surface area (Å²) in [6.45, 7) is 5.80. The molecule has 0 bridgehead atoms. The van der Waals surface area contributed by atoms with E-state index in [1.807, 2.05) is 0 Å². The highest BCUT2D eigenvalue weighted by atomic mass is 16.2. The SMILES string of the molecule is O=C(CCCN1CCNCC1)C1CCC(CN2C(=O)C=CC2=O)CC1. The predicted molar refractivity (Wildman–Crippen MR) is 94.9 cm³/mol. The largest absolute Gasteiger partial charge is 0.314 e. The molecule has 2 fully saturated rings. The van der Waals surface area contributed by atoms with Gasteiger partial charge in [0, 0.05) is 57.2 Å². The number of piperazine rings is 1. The molecule has 25 heavy (non-hydrogen) atoms. The highest BCUT2D eigenvalue weighted by molar-refractivity contribution is 6.12. The van der Waals surface area contributed by atoms with Crippen LogP contribution >= 0.6 is 0 Å². The van der Waals surface area contributed by atoms with Crippen molar-refractivity contribution in [2.75, 3.05) is 39.3 Å². The van der Waals surface area contributed by atoms with Crippen LogP contribution in [-0.4, -0.2) is 66.7 Å². The first-order chi connectivity index (χ1) is 12.1. The van der Waals surface area contributed by atoms with Crippen LogP contribution in [0.1, 0.15) is 38.5 Å². The van der Waals surface area contributed by atoms with E-state index in [4.69, 9.17) is 0 Å². The van der Waals surface area contributed by atoms with Gasteiger partial charge in [-0.15, -0.1) is 0 Å². The second-order valence-corrected chi connectivity index (χ2v) is 7.50. The fourth-order valence-corrected chi connectivity index (χ4v) is 4.15. The highest BCUT2D eigenvalue weighted by Gasteiger charge is 2.30. The Morgan fingerprint density at radius 1 is 1.04 bits per heavy atom. The summed E-state index contributed by atoms with van der Waals surface area (Å²) >= 11 is 0. The van der Waals surface area contributed by atoms with Gasteiger partial charge in [-0.3, -0.25) is 19.3 Å². The molecule has 2 amide bonds. The Balaban J connectivity index is 1.33. The number of amides is 2. The van der Waals surface area contributed by atoms with Crippen molar-refractivity contribution in [1.82, 2.24) is 15.1 Å². The minimum Gasteiger partial charge on any atom is -0.314 e. The predicted octanol–water partition coefficient (Wildman–Crippen LogP) is 0.972. The zero-order valence-corrected chi connectivity index (χ0v) is 14.9. The van der Waals surface area contributed by atoms with Crippen LogP contribution < -0.4 is 5.32 Å². The maximum atomic E-state index is 12.4. The normalized spacial score (nSPS) is 27.9. The first kappa shape index (κ1) is 18.3. The number of carbonyl (C=O) groups excluding carboxylic acids is 3. The van der Waals surface area contributed by atoms with Crippen LogP contribution in [0.25, 0.3) is 0 Å². The molecule has 3 rings (SSSR count). The molecule has 0 aromatic rings. The third-order valence-corrected chi connectivity index (χ3v) is 5.75. The molecule has 2 aliphatic heterocycles. The lowest BCUT2D eigenvalue weighted by atomic mass is 9.79. The number of Topliss-reactive ketones (excluding diaryl/α,β-unsaturated/α-hetero) is 1. The number of rotatable bonds is 7. The summed E-state index contributed by atoms with van der Waals surface area (Å²) in [5.74, 6) is 0.538. The Labute approximate surface area is 149 Å². The van der Waals surface area contributed by atoms with Crippen LogP contribution in [-0.2, 0) is 14.4 Å². The zero-order chi connectivity index (χ0) is 17.6. The number of hydrogen-bond acceptors (Lipinski definition) is 5. The molecule has 3 aliphatic rings. The Morgan fingerprint density at radius 3 is 2.32 bits per heavy atom. The second-order valence-electron chi connectivity index (χ2n) is 7.50. The molecule has 6 nitrogen and oxygen atoms in total. The second kappa shape index (κ2) is 8.72. The van der Waals surface area contributed by atoms with E-state index in [2.05, 4.69) is 10.2 Å². The van der Waals surface area contributed by atoms with Gasteiger partial charge in [-0.25, -0.2) is 0 Å². The Bertz CT molecular complexity index is 514. The van der Waals surface area contributed by atoms with Crippen molar-refractivity contribution in [3.8, 4) is 0 Å². The summed E-state index contributed by atoms with van der Waals surface area (Å²) in [5, 5.41) is 3.34. The molecule has 6 heteroatoms. The lowest BCUT2D eigenvalue weighted by Gasteiger charge is -2.30. The van der Waals surface area contributed by atoms with Crippen molar-refractivity contribution in [2.24, 2.45) is 11.8 Å². The van der Waals surface area contributed by atoms with Gasteiger partial charge in [-0.1, -0.05) is 0 Å². The van der Waals surface area contributed by atoms with Gasteiger partial charge in [0.25, 0.3) is 11.8 Å². The van der Waals surface area contributed by atoms with Gasteiger partial charge >= 0.3 is 0 Å². The van der Waals surface area contributed by atoms with Gasteiger partial charge in [-0.05, 0) is 44.6 Å². The number of nitrogens with zero attached hydrogens (tertiary/aromatic N) is 2. The summed E-state index contributed by atoms with van der Waals surface area (Å²) in [5.41, 5.74) is 0. The molecular formula is C19H29N3O3. The lowest BCUT2D eigenvalue weighted by Crippen LogP contribution is -2.43. The van der Waals surface area contributed by atoms with Gasteiger partial charge in [-0.2, -0.15) is 0 Å². The number of nitrogens with one attached hydrogen (secondary N) is 1. The maximum Gasteiger partial charge on any atom is 0.253 e. The fraction of sp³-hybridized carbons (Fsp3) is 0.737. The van der Waals surface area contributed by atoms with Crippen LogP contribution in [0.4, 0.5) is 0 Å². The number of imide groups is 1. The summed E-state index contributed by atoms with van der Waals surface area (Å²) < 4.78 is 0. The highest BCUT2D eigenvalue weighted by Crippen LogP contribution is 2.31. The average Bonchev–Trinajstić information content (AvgIpc) is 2.95. The standard InChI is InChI=1S/C19H29N3O3/c23-17(2-1-11-21-12-9-20-10-13-21)16-5-3-15(4-6-16)14-22-18(24)7-8-19(22)25/h7-8,15-16,20H,1-6,9-14H2. The van der Waals surface area contributed by atoms with Crippen molar-refractivity contribution in [2.45, 2.75) is 38.5 Å². The van der Waals surface area contributed by atoms with Crippen LogP contribution in [0.2, 0.25) is 0 Å². The van der Waals surface area contributed by atoms with E-state index in [9.17, 15) is 14.4 Å². The molecule has 1 aliphatic carbocycles. The summed E-state index contributed by atoms with van der Waals surface area (Å²) in [7, 11) is 0. The minimum atomic E-state index is -0.198. The Hall–Kier alpha value is -1.53. The van der Waals surface area contributed by atoms with Gasteiger partial charge in [0.2, 0.25) is 0 Å². The quantitative estimate of drug-likeness (QED) is 0.695. The first-order valence-electron chi connectivity index (χ1n) is 9.63. The molecule has 1 saturated heterocycles. The van der Waals surface area contributed by atoms with Crippen molar-refractivity contribution >= 4 is 17.6 Å². The molecule has 138 valence electrons. The molecule has 1 saturated carbocycles. The van der Waals surface area contributed by atoms with E-state index in [0.717, 1.165) is 64.8 Å². The Morgan fingerprint density at radius 2 is 1.68 bits per heavy atom. The maximum absolute atomic E-state index is 12.4. The van der Waals surface area contributed by atoms with Gasteiger partial charge in [0.1, 0.15) is 5.78 Å². The molecule has 0 atom stereocenters. The van der Waals surface area contributed by atoms with Gasteiger partial charge in [0.15, 0.2) is 0 Å². The smallest absolute Gasteiger partial charge is 0.253 e. The van der Waals surface area contributed by atoms with E-state index < -0.39 is 0 Å². The molecule has 1 N–H and O–H groups in total. The fourth-order valence-electron chi connectivity index (χ4n) is 4.15. The summed E-state index contributed by atoms with van der Waals surface area (Å²) in [6, 6.07) is 0. The van der Waals surface area contributed by atoms with Crippen molar-refractivity contribution in [3.63, 3.8) is 0 Å². The molecule has 0 unspecified atom stereocenters. The lowest BCUT2D eigenvalue weighted by molar-refractivity contribution is -0.138. The molecule has 0 aromatic heterocycles. The van der Waals surface area contributed by atoms with Crippen molar-refractivity contribution < 1.29 is 14.4 Å².